The summed E-state index contributed by atoms with van der Waals surface area (Å²) in [5.41, 5.74) is 1.16. The van der Waals surface area contributed by atoms with Crippen molar-refractivity contribution < 1.29 is 0 Å². The molecule has 0 aromatic heterocycles. The van der Waals surface area contributed by atoms with Crippen molar-refractivity contribution in [3.05, 3.63) is 19.1 Å². The maximum Gasteiger partial charge on any atom is -0.0297 e. The maximum absolute atomic E-state index is 5.43. The maximum atomic E-state index is 5.43. The van der Waals surface area contributed by atoms with Crippen molar-refractivity contribution in [2.45, 2.75) is 20.3 Å². The second kappa shape index (κ2) is 2.84. The normalized spacial score (nSPS) is 9.71. The van der Waals surface area contributed by atoms with Gasteiger partial charge in [-0.25, -0.2) is 0 Å². The van der Waals surface area contributed by atoms with Crippen molar-refractivity contribution in [1.29, 1.82) is 0 Å². The Labute approximate surface area is 46.2 Å². The van der Waals surface area contributed by atoms with Crippen LogP contribution in [0.2, 0.25) is 0 Å². The quantitative estimate of drug-likeness (QED) is 0.463. The lowest BCUT2D eigenvalue weighted by molar-refractivity contribution is 0.714. The van der Waals surface area contributed by atoms with Gasteiger partial charge in [0.05, 0.1) is 0 Å². The molecule has 0 saturated heterocycles. The van der Waals surface area contributed by atoms with Crippen LogP contribution in [0, 0.1) is 12.8 Å². The van der Waals surface area contributed by atoms with Gasteiger partial charge in [0.1, 0.15) is 0 Å². The number of hydrogen-bond donors (Lipinski definition) is 0. The van der Waals surface area contributed by atoms with Crippen LogP contribution < -0.4 is 0 Å². The Hall–Kier alpha value is -0.260. The van der Waals surface area contributed by atoms with Gasteiger partial charge in [0.15, 0.2) is 0 Å². The molecule has 0 rings (SSSR count). The first-order chi connectivity index (χ1) is 3.13. The van der Waals surface area contributed by atoms with Gasteiger partial charge in [-0.15, -0.1) is 6.58 Å². The SMILES string of the molecule is [CH]C(C)CC(=C)C. The van der Waals surface area contributed by atoms with Crippen molar-refractivity contribution in [3.63, 3.8) is 0 Å². The molecule has 0 saturated carbocycles. The van der Waals surface area contributed by atoms with E-state index in [-0.39, 0.29) is 5.92 Å². The van der Waals surface area contributed by atoms with Crippen LogP contribution in [0.25, 0.3) is 0 Å². The lowest BCUT2D eigenvalue weighted by atomic mass is 10.1. The molecule has 7 heavy (non-hydrogen) atoms. The average molecular weight is 96.2 g/mol. The summed E-state index contributed by atoms with van der Waals surface area (Å²) in [4.78, 5) is 0. The molecule has 0 heteroatoms. The second-order valence-electron chi connectivity index (χ2n) is 2.14. The van der Waals surface area contributed by atoms with Gasteiger partial charge in [-0.05, 0) is 26.2 Å². The van der Waals surface area contributed by atoms with E-state index < -0.39 is 0 Å². The summed E-state index contributed by atoms with van der Waals surface area (Å²) in [7, 11) is 0. The molecule has 40 valence electrons. The van der Waals surface area contributed by atoms with E-state index in [0.29, 0.717) is 0 Å². The number of hydrogen-bond acceptors (Lipinski definition) is 0. The monoisotopic (exact) mass is 96.1 g/mol. The third kappa shape index (κ3) is 5.74. The summed E-state index contributed by atoms with van der Waals surface area (Å²) in [5.74, 6) is 0.275. The number of rotatable bonds is 2. The molecule has 0 aliphatic rings. The third-order valence-corrected chi connectivity index (χ3v) is 0.670. The van der Waals surface area contributed by atoms with Gasteiger partial charge in [0, 0.05) is 0 Å². The molecule has 0 N–H and O–H groups in total. The fourth-order valence-electron chi connectivity index (χ4n) is 0.550. The molecule has 0 aliphatic heterocycles. The van der Waals surface area contributed by atoms with Crippen LogP contribution in [0.5, 0.6) is 0 Å². The Morgan fingerprint density at radius 1 is 1.86 bits per heavy atom. The molecular weight excluding hydrogens is 84.1 g/mol. The van der Waals surface area contributed by atoms with Gasteiger partial charge >= 0.3 is 0 Å². The summed E-state index contributed by atoms with van der Waals surface area (Å²) < 4.78 is 0. The average Bonchev–Trinajstić information content (AvgIpc) is 1.27. The molecule has 0 aliphatic carbocycles. The Morgan fingerprint density at radius 2 is 2.29 bits per heavy atom. The zero-order chi connectivity index (χ0) is 5.86. The van der Waals surface area contributed by atoms with Crippen molar-refractivity contribution in [2.75, 3.05) is 0 Å². The highest BCUT2D eigenvalue weighted by molar-refractivity contribution is 4.89. The van der Waals surface area contributed by atoms with Gasteiger partial charge in [-0.3, -0.25) is 0 Å². The van der Waals surface area contributed by atoms with Crippen LogP contribution in [-0.2, 0) is 0 Å². The topological polar surface area (TPSA) is 0 Å². The van der Waals surface area contributed by atoms with Crippen LogP contribution in [0.15, 0.2) is 12.2 Å². The minimum Gasteiger partial charge on any atom is -0.100 e. The molecule has 0 heterocycles. The van der Waals surface area contributed by atoms with Crippen LogP contribution in [0.3, 0.4) is 0 Å². The Kier molecular flexibility index (Phi) is 2.73. The van der Waals surface area contributed by atoms with E-state index in [9.17, 15) is 0 Å². The van der Waals surface area contributed by atoms with E-state index in [4.69, 9.17) is 6.92 Å². The smallest absolute Gasteiger partial charge is 0.0297 e. The first-order valence-electron chi connectivity index (χ1n) is 2.53. The molecule has 0 nitrogen and oxygen atoms in total. The van der Waals surface area contributed by atoms with Crippen molar-refractivity contribution in [2.24, 2.45) is 5.92 Å². The van der Waals surface area contributed by atoms with Crippen molar-refractivity contribution in [1.82, 2.24) is 0 Å². The molecule has 0 amide bonds. The van der Waals surface area contributed by atoms with Gasteiger partial charge < -0.3 is 0 Å². The third-order valence-electron chi connectivity index (χ3n) is 0.670. The Bertz CT molecular complexity index is 60.4. The fraction of sp³-hybridized carbons (Fsp3) is 0.571. The highest BCUT2D eigenvalue weighted by atomic mass is 14.0. The highest BCUT2D eigenvalue weighted by Crippen LogP contribution is 2.05. The van der Waals surface area contributed by atoms with Crippen LogP contribution >= 0.6 is 0 Å². The fourth-order valence-corrected chi connectivity index (χ4v) is 0.550. The molecule has 0 aromatic carbocycles. The zero-order valence-electron chi connectivity index (χ0n) is 5.07. The molecule has 1 unspecified atom stereocenters. The summed E-state index contributed by atoms with van der Waals surface area (Å²) in [5, 5.41) is 0. The zero-order valence-corrected chi connectivity index (χ0v) is 5.07. The summed E-state index contributed by atoms with van der Waals surface area (Å²) in [6.07, 6.45) is 0.944. The predicted molar refractivity (Wildman–Crippen MR) is 32.9 cm³/mol. The lowest BCUT2D eigenvalue weighted by Gasteiger charge is -1.99. The van der Waals surface area contributed by atoms with Crippen LogP contribution in [0.1, 0.15) is 20.3 Å². The molecule has 2 radical (unpaired) electrons. The Morgan fingerprint density at radius 3 is 2.29 bits per heavy atom. The van der Waals surface area contributed by atoms with Crippen LogP contribution in [0.4, 0.5) is 0 Å². The first-order valence-corrected chi connectivity index (χ1v) is 2.53. The van der Waals surface area contributed by atoms with E-state index in [2.05, 4.69) is 6.58 Å². The van der Waals surface area contributed by atoms with E-state index in [1.54, 1.807) is 0 Å². The summed E-state index contributed by atoms with van der Waals surface area (Å²) in [6.45, 7) is 13.1. The predicted octanol–water partition coefficient (Wildman–Crippen LogP) is 2.30. The van der Waals surface area contributed by atoms with Crippen molar-refractivity contribution in [3.8, 4) is 0 Å². The minimum atomic E-state index is 0.275. The second-order valence-corrected chi connectivity index (χ2v) is 2.14. The molecule has 0 bridgehead atoms. The van der Waals surface area contributed by atoms with Gasteiger partial charge in [-0.2, -0.15) is 0 Å². The standard InChI is InChI=1S/C7H12/c1-6(2)5-7(3)4/h1,6H,3,5H2,2,4H3. The van der Waals surface area contributed by atoms with Crippen molar-refractivity contribution >= 4 is 0 Å². The minimum absolute atomic E-state index is 0.275. The van der Waals surface area contributed by atoms with Gasteiger partial charge in [0.25, 0.3) is 0 Å². The largest absolute Gasteiger partial charge is 0.100 e. The molecule has 0 aromatic rings. The van der Waals surface area contributed by atoms with Gasteiger partial charge in [-0.1, -0.05) is 12.5 Å². The van der Waals surface area contributed by atoms with E-state index >= 15 is 0 Å². The molecule has 0 spiro atoms. The Balaban J connectivity index is 3.13. The number of allylic oxidation sites excluding steroid dienone is 1. The van der Waals surface area contributed by atoms with Crippen LogP contribution in [-0.4, -0.2) is 0 Å². The molecule has 0 fully saturated rings. The summed E-state index contributed by atoms with van der Waals surface area (Å²) >= 11 is 0. The molecule has 1 atom stereocenters. The summed E-state index contributed by atoms with van der Waals surface area (Å²) in [6, 6.07) is 0. The van der Waals surface area contributed by atoms with E-state index in [1.807, 2.05) is 13.8 Å². The van der Waals surface area contributed by atoms with Gasteiger partial charge in [0.2, 0.25) is 0 Å². The highest BCUT2D eigenvalue weighted by Gasteiger charge is 1.90. The molecular formula is C7H12. The first kappa shape index (κ1) is 6.74. The lowest BCUT2D eigenvalue weighted by Crippen LogP contribution is -1.85. The van der Waals surface area contributed by atoms with E-state index in [0.717, 1.165) is 12.0 Å². The van der Waals surface area contributed by atoms with E-state index in [1.165, 1.54) is 0 Å².